The van der Waals surface area contributed by atoms with Crippen molar-refractivity contribution in [1.29, 1.82) is 0 Å². The molecular formula is C20H21N. The normalized spacial score (nSPS) is 25.0. The number of fused-ring (bicyclic) bond motifs is 2. The molecule has 0 amide bonds. The lowest BCUT2D eigenvalue weighted by atomic mass is 9.65. The Kier molecular flexibility index (Phi) is 2.42. The molecule has 1 unspecified atom stereocenters. The van der Waals surface area contributed by atoms with Crippen molar-refractivity contribution in [1.82, 2.24) is 0 Å². The molecule has 106 valence electrons. The number of nitrogens with zero attached hydrogens (tertiary/aromatic N) is 1. The summed E-state index contributed by atoms with van der Waals surface area (Å²) in [7, 11) is 2.24. The van der Waals surface area contributed by atoms with Gasteiger partial charge in [-0.2, -0.15) is 0 Å². The van der Waals surface area contributed by atoms with Crippen LogP contribution in [-0.2, 0) is 11.8 Å². The fraction of sp³-hybridized carbons (Fsp3) is 0.300. The Morgan fingerprint density at radius 2 is 1.67 bits per heavy atom. The van der Waals surface area contributed by atoms with Gasteiger partial charge in [0.25, 0.3) is 0 Å². The second kappa shape index (κ2) is 4.00. The van der Waals surface area contributed by atoms with Gasteiger partial charge < -0.3 is 4.90 Å². The van der Waals surface area contributed by atoms with E-state index in [4.69, 9.17) is 0 Å². The molecule has 4 rings (SSSR count). The summed E-state index contributed by atoms with van der Waals surface area (Å²) in [6, 6.07) is 17.6. The van der Waals surface area contributed by atoms with E-state index in [1.165, 1.54) is 22.4 Å². The summed E-state index contributed by atoms with van der Waals surface area (Å²) in [5.41, 5.74) is 5.77. The standard InChI is InChI=1S/C20H21N/c1-19(2)17-10-6-7-11-18(17)21(3)20(19)13-12-15-8-4-5-9-16(15)14-20/h4-13H,14H2,1-3H3. The summed E-state index contributed by atoms with van der Waals surface area (Å²) < 4.78 is 0. The predicted molar refractivity (Wildman–Crippen MR) is 89.8 cm³/mol. The minimum atomic E-state index is 0.0328. The Labute approximate surface area is 126 Å². The number of para-hydroxylation sites is 1. The van der Waals surface area contributed by atoms with Crippen LogP contribution >= 0.6 is 0 Å². The van der Waals surface area contributed by atoms with Crippen molar-refractivity contribution in [2.24, 2.45) is 0 Å². The second-order valence-electron chi connectivity index (χ2n) is 6.83. The quantitative estimate of drug-likeness (QED) is 0.688. The summed E-state index contributed by atoms with van der Waals surface area (Å²) in [6.07, 6.45) is 5.80. The van der Waals surface area contributed by atoms with Crippen LogP contribution < -0.4 is 4.90 Å². The molecule has 1 atom stereocenters. The van der Waals surface area contributed by atoms with Crippen LogP contribution in [0.15, 0.2) is 54.6 Å². The van der Waals surface area contributed by atoms with Gasteiger partial charge in [-0.3, -0.25) is 0 Å². The second-order valence-corrected chi connectivity index (χ2v) is 6.83. The van der Waals surface area contributed by atoms with Gasteiger partial charge in [0.15, 0.2) is 0 Å². The summed E-state index contributed by atoms with van der Waals surface area (Å²) in [5.74, 6) is 0. The fourth-order valence-corrected chi connectivity index (χ4v) is 4.26. The van der Waals surface area contributed by atoms with Crippen molar-refractivity contribution in [3.8, 4) is 0 Å². The van der Waals surface area contributed by atoms with Crippen molar-refractivity contribution in [3.63, 3.8) is 0 Å². The van der Waals surface area contributed by atoms with E-state index < -0.39 is 0 Å². The van der Waals surface area contributed by atoms with Gasteiger partial charge >= 0.3 is 0 Å². The minimum absolute atomic E-state index is 0.0328. The van der Waals surface area contributed by atoms with Gasteiger partial charge in [0.1, 0.15) is 0 Å². The molecule has 0 N–H and O–H groups in total. The molecule has 21 heavy (non-hydrogen) atoms. The fourth-order valence-electron chi connectivity index (χ4n) is 4.26. The van der Waals surface area contributed by atoms with Gasteiger partial charge in [-0.15, -0.1) is 0 Å². The number of hydrogen-bond donors (Lipinski definition) is 0. The van der Waals surface area contributed by atoms with Crippen molar-refractivity contribution >= 4 is 11.8 Å². The molecule has 0 saturated carbocycles. The maximum atomic E-state index is 2.48. The third-order valence-electron chi connectivity index (χ3n) is 5.67. The van der Waals surface area contributed by atoms with Gasteiger partial charge in [-0.25, -0.2) is 0 Å². The van der Waals surface area contributed by atoms with E-state index >= 15 is 0 Å². The van der Waals surface area contributed by atoms with Crippen molar-refractivity contribution < 1.29 is 0 Å². The smallest absolute Gasteiger partial charge is 0.0717 e. The van der Waals surface area contributed by atoms with E-state index in [2.05, 4.69) is 86.5 Å². The molecule has 2 aliphatic rings. The Bertz CT molecular complexity index is 741. The molecule has 2 aromatic carbocycles. The summed E-state index contributed by atoms with van der Waals surface area (Å²) in [6.45, 7) is 4.77. The first-order chi connectivity index (χ1) is 10.1. The SMILES string of the molecule is CN1c2ccccc2C(C)(C)C12C=Cc1ccccc1C2. The molecular weight excluding hydrogens is 254 g/mol. The number of rotatable bonds is 0. The number of anilines is 1. The average molecular weight is 275 g/mol. The predicted octanol–water partition coefficient (Wildman–Crippen LogP) is 4.42. The topological polar surface area (TPSA) is 3.24 Å². The third kappa shape index (κ3) is 1.47. The first-order valence-corrected chi connectivity index (χ1v) is 7.67. The molecule has 1 heteroatoms. The molecule has 1 aliphatic heterocycles. The van der Waals surface area contributed by atoms with Crippen LogP contribution in [0.3, 0.4) is 0 Å². The van der Waals surface area contributed by atoms with Gasteiger partial charge in [0, 0.05) is 24.6 Å². The molecule has 0 radical (unpaired) electrons. The van der Waals surface area contributed by atoms with Gasteiger partial charge in [0.2, 0.25) is 0 Å². The first kappa shape index (κ1) is 12.7. The van der Waals surface area contributed by atoms with E-state index in [1.807, 2.05) is 0 Å². The van der Waals surface area contributed by atoms with E-state index in [9.17, 15) is 0 Å². The maximum absolute atomic E-state index is 2.48. The van der Waals surface area contributed by atoms with Crippen molar-refractivity contribution in [2.75, 3.05) is 11.9 Å². The summed E-state index contributed by atoms with van der Waals surface area (Å²) in [4.78, 5) is 2.48. The van der Waals surface area contributed by atoms with E-state index in [1.54, 1.807) is 0 Å². The molecule has 0 fully saturated rings. The molecule has 1 nitrogen and oxygen atoms in total. The zero-order valence-corrected chi connectivity index (χ0v) is 12.9. The van der Waals surface area contributed by atoms with Crippen molar-refractivity contribution in [2.45, 2.75) is 31.2 Å². The Morgan fingerprint density at radius 1 is 0.952 bits per heavy atom. The molecule has 2 aromatic rings. The number of hydrogen-bond acceptors (Lipinski definition) is 1. The maximum Gasteiger partial charge on any atom is 0.0717 e. The van der Waals surface area contributed by atoms with Crippen LogP contribution in [-0.4, -0.2) is 12.6 Å². The van der Waals surface area contributed by atoms with E-state index in [0.29, 0.717) is 0 Å². The minimum Gasteiger partial charge on any atom is -0.364 e. The average Bonchev–Trinajstić information content (AvgIpc) is 2.67. The largest absolute Gasteiger partial charge is 0.364 e. The number of likely N-dealkylation sites (N-methyl/N-ethyl adjacent to an activating group) is 1. The molecule has 0 bridgehead atoms. The highest BCUT2D eigenvalue weighted by Crippen LogP contribution is 2.54. The highest BCUT2D eigenvalue weighted by molar-refractivity contribution is 5.72. The van der Waals surface area contributed by atoms with E-state index in [-0.39, 0.29) is 11.0 Å². The molecule has 1 aliphatic carbocycles. The summed E-state index contributed by atoms with van der Waals surface area (Å²) >= 11 is 0. The van der Waals surface area contributed by atoms with Crippen LogP contribution in [0.1, 0.15) is 30.5 Å². The Hall–Kier alpha value is -2.02. The van der Waals surface area contributed by atoms with Crippen LogP contribution in [0.25, 0.3) is 6.08 Å². The Morgan fingerprint density at radius 3 is 2.48 bits per heavy atom. The molecule has 1 heterocycles. The lowest BCUT2D eigenvalue weighted by molar-refractivity contribution is 0.330. The van der Waals surface area contributed by atoms with Crippen LogP contribution in [0.4, 0.5) is 5.69 Å². The zero-order valence-electron chi connectivity index (χ0n) is 12.9. The zero-order chi connectivity index (χ0) is 14.7. The van der Waals surface area contributed by atoms with Crippen LogP contribution in [0.5, 0.6) is 0 Å². The van der Waals surface area contributed by atoms with Gasteiger partial charge in [0.05, 0.1) is 5.54 Å². The van der Waals surface area contributed by atoms with Crippen molar-refractivity contribution in [3.05, 3.63) is 71.3 Å². The molecule has 0 aromatic heterocycles. The van der Waals surface area contributed by atoms with Gasteiger partial charge in [-0.05, 0) is 22.8 Å². The monoisotopic (exact) mass is 275 g/mol. The van der Waals surface area contributed by atoms with Gasteiger partial charge in [-0.1, -0.05) is 68.5 Å². The lowest BCUT2D eigenvalue weighted by Crippen LogP contribution is -2.55. The van der Waals surface area contributed by atoms with E-state index in [0.717, 1.165) is 6.42 Å². The van der Waals surface area contributed by atoms with Crippen LogP contribution in [0, 0.1) is 0 Å². The lowest BCUT2D eigenvalue weighted by Gasteiger charge is -2.46. The Balaban J connectivity index is 1.92. The summed E-state index contributed by atoms with van der Waals surface area (Å²) in [5, 5.41) is 0. The highest BCUT2D eigenvalue weighted by Gasteiger charge is 2.54. The van der Waals surface area contributed by atoms with Crippen LogP contribution in [0.2, 0.25) is 0 Å². The first-order valence-electron chi connectivity index (χ1n) is 7.67. The third-order valence-corrected chi connectivity index (χ3v) is 5.67. The highest BCUT2D eigenvalue weighted by atomic mass is 15.2. The molecule has 0 saturated heterocycles. The molecule has 1 spiro atoms. The number of benzene rings is 2.